The van der Waals surface area contributed by atoms with Crippen LogP contribution in [-0.4, -0.2) is 34.7 Å². The average Bonchev–Trinajstić information content (AvgIpc) is 3.13. The molecule has 30 heavy (non-hydrogen) atoms. The lowest BCUT2D eigenvalue weighted by Crippen LogP contribution is -2.27. The number of rotatable bonds is 6. The molecule has 0 radical (unpaired) electrons. The summed E-state index contributed by atoms with van der Waals surface area (Å²) in [6.45, 7) is 2.62. The van der Waals surface area contributed by atoms with Gasteiger partial charge in [0.05, 0.1) is 17.4 Å². The van der Waals surface area contributed by atoms with Gasteiger partial charge in [0.15, 0.2) is 5.69 Å². The van der Waals surface area contributed by atoms with Crippen LogP contribution in [0.3, 0.4) is 0 Å². The maximum absolute atomic E-state index is 13.8. The van der Waals surface area contributed by atoms with Gasteiger partial charge in [-0.3, -0.25) is 4.79 Å². The van der Waals surface area contributed by atoms with E-state index >= 15 is 0 Å². The van der Waals surface area contributed by atoms with Crippen molar-refractivity contribution >= 4 is 5.91 Å². The summed E-state index contributed by atoms with van der Waals surface area (Å²) in [5.41, 5.74) is 1.39. The predicted molar refractivity (Wildman–Crippen MR) is 108 cm³/mol. The lowest BCUT2D eigenvalue weighted by Gasteiger charge is -2.15. The fourth-order valence-corrected chi connectivity index (χ4v) is 3.16. The van der Waals surface area contributed by atoms with E-state index in [1.54, 1.807) is 12.1 Å². The summed E-state index contributed by atoms with van der Waals surface area (Å²) in [5.74, 6) is -0.819. The van der Waals surface area contributed by atoms with Gasteiger partial charge in [-0.1, -0.05) is 42.0 Å². The number of halogens is 3. The van der Waals surface area contributed by atoms with Crippen molar-refractivity contribution in [2.24, 2.45) is 0 Å². The zero-order chi connectivity index (χ0) is 21.9. The summed E-state index contributed by atoms with van der Waals surface area (Å²) in [5, 5.41) is 6.45. The van der Waals surface area contributed by atoms with Crippen LogP contribution in [0.15, 0.2) is 54.7 Å². The zero-order valence-corrected chi connectivity index (χ0v) is 17.0. The SMILES string of the molecule is Cc1ccc(-n2ncc(C(=O)NCc3ccccc3CN(C)C)c2C(F)(F)F)cc1. The Morgan fingerprint density at radius 1 is 1.07 bits per heavy atom. The van der Waals surface area contributed by atoms with E-state index in [0.29, 0.717) is 6.54 Å². The van der Waals surface area contributed by atoms with E-state index in [0.717, 1.165) is 27.6 Å². The first-order valence-corrected chi connectivity index (χ1v) is 9.39. The first kappa shape index (κ1) is 21.6. The second kappa shape index (κ2) is 8.71. The van der Waals surface area contributed by atoms with Gasteiger partial charge >= 0.3 is 6.18 Å². The van der Waals surface area contributed by atoms with Gasteiger partial charge in [0, 0.05) is 13.1 Å². The Kier molecular flexibility index (Phi) is 6.26. The molecule has 8 heteroatoms. The Labute approximate surface area is 173 Å². The third kappa shape index (κ3) is 4.88. The minimum Gasteiger partial charge on any atom is -0.348 e. The van der Waals surface area contributed by atoms with Crippen molar-refractivity contribution < 1.29 is 18.0 Å². The molecule has 5 nitrogen and oxygen atoms in total. The standard InChI is InChI=1S/C22H23F3N4O/c1-15-8-10-18(11-9-15)29-20(22(23,24)25)19(13-27-29)21(30)26-12-16-6-4-5-7-17(16)14-28(2)3/h4-11,13H,12,14H2,1-3H3,(H,26,30). The summed E-state index contributed by atoms with van der Waals surface area (Å²) in [4.78, 5) is 14.6. The van der Waals surface area contributed by atoms with Crippen molar-refractivity contribution in [1.82, 2.24) is 20.0 Å². The molecule has 1 aromatic heterocycles. The van der Waals surface area contributed by atoms with E-state index < -0.39 is 23.3 Å². The molecule has 1 N–H and O–H groups in total. The van der Waals surface area contributed by atoms with E-state index in [-0.39, 0.29) is 12.2 Å². The lowest BCUT2D eigenvalue weighted by atomic mass is 10.1. The van der Waals surface area contributed by atoms with E-state index in [1.165, 1.54) is 12.1 Å². The second-order valence-corrected chi connectivity index (χ2v) is 7.34. The third-order valence-electron chi connectivity index (χ3n) is 4.61. The van der Waals surface area contributed by atoms with Crippen molar-refractivity contribution in [2.75, 3.05) is 14.1 Å². The van der Waals surface area contributed by atoms with Crippen LogP contribution < -0.4 is 5.32 Å². The minimum absolute atomic E-state index is 0.121. The fraction of sp³-hybridized carbons (Fsp3) is 0.273. The Hall–Kier alpha value is -3.13. The molecule has 0 aliphatic rings. The van der Waals surface area contributed by atoms with E-state index in [4.69, 9.17) is 0 Å². The number of benzene rings is 2. The average molecular weight is 416 g/mol. The molecule has 0 spiro atoms. The number of amides is 1. The van der Waals surface area contributed by atoms with Gasteiger partial charge in [-0.2, -0.15) is 18.3 Å². The Morgan fingerprint density at radius 2 is 1.70 bits per heavy atom. The zero-order valence-electron chi connectivity index (χ0n) is 17.0. The van der Waals surface area contributed by atoms with Crippen LogP contribution >= 0.6 is 0 Å². The van der Waals surface area contributed by atoms with Gasteiger partial charge in [0.2, 0.25) is 0 Å². The topological polar surface area (TPSA) is 50.2 Å². The van der Waals surface area contributed by atoms with Crippen molar-refractivity contribution in [1.29, 1.82) is 0 Å². The van der Waals surface area contributed by atoms with Gasteiger partial charge < -0.3 is 10.2 Å². The summed E-state index contributed by atoms with van der Waals surface area (Å²) in [7, 11) is 3.84. The van der Waals surface area contributed by atoms with Gasteiger partial charge in [0.1, 0.15) is 0 Å². The van der Waals surface area contributed by atoms with Crippen molar-refractivity contribution in [3.63, 3.8) is 0 Å². The van der Waals surface area contributed by atoms with Gasteiger partial charge in [-0.05, 0) is 44.3 Å². The van der Waals surface area contributed by atoms with Crippen LogP contribution in [0.2, 0.25) is 0 Å². The molecule has 0 aliphatic carbocycles. The molecule has 0 bridgehead atoms. The smallest absolute Gasteiger partial charge is 0.348 e. The van der Waals surface area contributed by atoms with E-state index in [9.17, 15) is 18.0 Å². The molecule has 0 fully saturated rings. The molecule has 1 heterocycles. The lowest BCUT2D eigenvalue weighted by molar-refractivity contribution is -0.143. The monoisotopic (exact) mass is 416 g/mol. The highest BCUT2D eigenvalue weighted by Crippen LogP contribution is 2.33. The number of hydrogen-bond acceptors (Lipinski definition) is 3. The number of carbonyl (C=O) groups excluding carboxylic acids is 1. The predicted octanol–water partition coefficient (Wildman–Crippen LogP) is 4.19. The molecule has 0 unspecified atom stereocenters. The molecule has 0 saturated heterocycles. The molecular weight excluding hydrogens is 393 g/mol. The molecule has 158 valence electrons. The Bertz CT molecular complexity index is 1020. The van der Waals surface area contributed by atoms with Crippen LogP contribution in [0.5, 0.6) is 0 Å². The molecule has 3 rings (SSSR count). The molecule has 0 aliphatic heterocycles. The number of aromatic nitrogens is 2. The molecule has 2 aromatic carbocycles. The number of nitrogens with one attached hydrogen (secondary N) is 1. The molecule has 1 amide bonds. The molecular formula is C22H23F3N4O. The number of carbonyl (C=O) groups is 1. The third-order valence-corrected chi connectivity index (χ3v) is 4.61. The Balaban J connectivity index is 1.87. The maximum atomic E-state index is 13.8. The highest BCUT2D eigenvalue weighted by atomic mass is 19.4. The van der Waals surface area contributed by atoms with Crippen molar-refractivity contribution in [2.45, 2.75) is 26.2 Å². The van der Waals surface area contributed by atoms with Crippen molar-refractivity contribution in [3.05, 3.63) is 82.7 Å². The van der Waals surface area contributed by atoms with Crippen LogP contribution in [-0.2, 0) is 19.3 Å². The molecule has 0 atom stereocenters. The van der Waals surface area contributed by atoms with Crippen LogP contribution in [0.1, 0.15) is 32.7 Å². The number of nitrogens with zero attached hydrogens (tertiary/aromatic N) is 3. The van der Waals surface area contributed by atoms with Gasteiger partial charge in [-0.25, -0.2) is 4.68 Å². The van der Waals surface area contributed by atoms with Gasteiger partial charge in [0.25, 0.3) is 5.91 Å². The fourth-order valence-electron chi connectivity index (χ4n) is 3.16. The van der Waals surface area contributed by atoms with Crippen LogP contribution in [0.4, 0.5) is 13.2 Å². The van der Waals surface area contributed by atoms with Gasteiger partial charge in [-0.15, -0.1) is 0 Å². The first-order valence-electron chi connectivity index (χ1n) is 9.39. The minimum atomic E-state index is -4.74. The second-order valence-electron chi connectivity index (χ2n) is 7.34. The largest absolute Gasteiger partial charge is 0.434 e. The van der Waals surface area contributed by atoms with Crippen LogP contribution in [0, 0.1) is 6.92 Å². The summed E-state index contributed by atoms with van der Waals surface area (Å²) in [6, 6.07) is 14.0. The first-order chi connectivity index (χ1) is 14.2. The van der Waals surface area contributed by atoms with Crippen LogP contribution in [0.25, 0.3) is 5.69 Å². The Morgan fingerprint density at radius 3 is 2.30 bits per heavy atom. The quantitative estimate of drug-likeness (QED) is 0.656. The summed E-state index contributed by atoms with van der Waals surface area (Å²) < 4.78 is 42.1. The molecule has 0 saturated carbocycles. The van der Waals surface area contributed by atoms with E-state index in [2.05, 4.69) is 10.4 Å². The maximum Gasteiger partial charge on any atom is 0.434 e. The highest BCUT2D eigenvalue weighted by molar-refractivity contribution is 5.95. The van der Waals surface area contributed by atoms with Crippen molar-refractivity contribution in [3.8, 4) is 5.69 Å². The molecule has 3 aromatic rings. The number of aryl methyl sites for hydroxylation is 1. The highest BCUT2D eigenvalue weighted by Gasteiger charge is 2.40. The number of alkyl halides is 3. The van der Waals surface area contributed by atoms with E-state index in [1.807, 2.05) is 50.2 Å². The normalized spacial score (nSPS) is 11.7. The summed E-state index contributed by atoms with van der Waals surface area (Å²) in [6.07, 6.45) is -3.78. The summed E-state index contributed by atoms with van der Waals surface area (Å²) >= 11 is 0. The number of hydrogen-bond donors (Lipinski definition) is 1.